The molecule has 0 radical (unpaired) electrons. The fourth-order valence-corrected chi connectivity index (χ4v) is 2.70. The van der Waals surface area contributed by atoms with E-state index in [2.05, 4.69) is 19.9 Å². The highest BCUT2D eigenvalue weighted by Gasteiger charge is 2.24. The number of nitrogens with zero attached hydrogens (tertiary/aromatic N) is 5. The first-order valence-electron chi connectivity index (χ1n) is 7.62. The summed E-state index contributed by atoms with van der Waals surface area (Å²) in [5.41, 5.74) is 2.42. The monoisotopic (exact) mass is 313 g/mol. The van der Waals surface area contributed by atoms with E-state index in [1.165, 1.54) is 6.33 Å². The zero-order valence-corrected chi connectivity index (χ0v) is 13.1. The number of carbonyl (C=O) groups excluding carboxylic acids is 1. The van der Waals surface area contributed by atoms with Crippen LogP contribution in [0.2, 0.25) is 0 Å². The van der Waals surface area contributed by atoms with E-state index in [4.69, 9.17) is 4.74 Å². The average molecular weight is 313 g/mol. The average Bonchev–Trinajstić information content (AvgIpc) is 2.80. The fourth-order valence-electron chi connectivity index (χ4n) is 2.70. The van der Waals surface area contributed by atoms with Crippen LogP contribution in [-0.2, 0) is 11.2 Å². The molecule has 1 aliphatic rings. The maximum Gasteiger partial charge on any atom is 0.257 e. The zero-order chi connectivity index (χ0) is 16.1. The molecule has 1 aliphatic heterocycles. The maximum atomic E-state index is 12.6. The molecule has 2 aromatic rings. The van der Waals surface area contributed by atoms with Gasteiger partial charge in [0.1, 0.15) is 12.7 Å². The summed E-state index contributed by atoms with van der Waals surface area (Å²) < 4.78 is 5.66. The Labute approximate surface area is 134 Å². The number of ether oxygens (including phenoxy) is 1. The molecule has 1 amide bonds. The lowest BCUT2D eigenvalue weighted by Crippen LogP contribution is -2.36. The molecule has 1 saturated heterocycles. The summed E-state index contributed by atoms with van der Waals surface area (Å²) in [5, 5.41) is 0. The van der Waals surface area contributed by atoms with Crippen LogP contribution in [-0.4, -0.2) is 57.0 Å². The lowest BCUT2D eigenvalue weighted by atomic mass is 10.0. The van der Waals surface area contributed by atoms with Crippen LogP contribution in [0, 0.1) is 12.8 Å². The summed E-state index contributed by atoms with van der Waals surface area (Å²) in [5.74, 6) is 0.153. The molecule has 0 aromatic carbocycles. The maximum absolute atomic E-state index is 12.6. The summed E-state index contributed by atoms with van der Waals surface area (Å²) >= 11 is 0. The molecule has 120 valence electrons. The van der Waals surface area contributed by atoms with E-state index in [0.29, 0.717) is 31.9 Å². The minimum Gasteiger partial charge on any atom is -0.379 e. The Balaban J connectivity index is 1.70. The van der Waals surface area contributed by atoms with Gasteiger partial charge in [-0.25, -0.2) is 19.9 Å². The van der Waals surface area contributed by atoms with Gasteiger partial charge in [-0.05, 0) is 19.4 Å². The van der Waals surface area contributed by atoms with Gasteiger partial charge in [0, 0.05) is 42.8 Å². The molecule has 23 heavy (non-hydrogen) atoms. The number of aromatic nitrogens is 4. The Morgan fingerprint density at radius 1 is 1.30 bits per heavy atom. The van der Waals surface area contributed by atoms with Gasteiger partial charge < -0.3 is 9.64 Å². The SMILES string of the molecule is Cc1cc(C[C@@H]2COCCN(C(=O)c3cncnc3)C2)ncn1. The molecule has 0 unspecified atom stereocenters. The molecule has 0 spiro atoms. The minimum absolute atomic E-state index is 0.0556. The van der Waals surface area contributed by atoms with Gasteiger partial charge in [-0.1, -0.05) is 0 Å². The first-order chi connectivity index (χ1) is 11.2. The number of hydrogen-bond donors (Lipinski definition) is 0. The third kappa shape index (κ3) is 4.07. The largest absolute Gasteiger partial charge is 0.379 e. The second kappa shape index (κ2) is 7.23. The normalized spacial score (nSPS) is 18.5. The molecule has 1 fully saturated rings. The summed E-state index contributed by atoms with van der Waals surface area (Å²) in [6.07, 6.45) is 6.85. The first kappa shape index (κ1) is 15.5. The molecule has 2 aromatic heterocycles. The van der Waals surface area contributed by atoms with E-state index in [9.17, 15) is 4.79 Å². The van der Waals surface area contributed by atoms with E-state index in [1.807, 2.05) is 17.9 Å². The Morgan fingerprint density at radius 3 is 2.91 bits per heavy atom. The van der Waals surface area contributed by atoms with Gasteiger partial charge >= 0.3 is 0 Å². The number of carbonyl (C=O) groups is 1. The third-order valence-electron chi connectivity index (χ3n) is 3.79. The summed E-state index contributed by atoms with van der Waals surface area (Å²) in [6.45, 7) is 4.32. The molecule has 3 heterocycles. The summed E-state index contributed by atoms with van der Waals surface area (Å²) in [6, 6.07) is 1.97. The van der Waals surface area contributed by atoms with Crippen molar-refractivity contribution in [3.05, 3.63) is 48.1 Å². The van der Waals surface area contributed by atoms with Crippen molar-refractivity contribution in [3.63, 3.8) is 0 Å². The quantitative estimate of drug-likeness (QED) is 0.837. The highest BCUT2D eigenvalue weighted by molar-refractivity contribution is 5.93. The Hall–Kier alpha value is -2.41. The molecule has 7 nitrogen and oxygen atoms in total. The number of aryl methyl sites for hydroxylation is 1. The topological polar surface area (TPSA) is 81.1 Å². The van der Waals surface area contributed by atoms with Crippen LogP contribution in [0.1, 0.15) is 21.7 Å². The predicted octanol–water partition coefficient (Wildman–Crippen LogP) is 0.906. The number of amides is 1. The van der Waals surface area contributed by atoms with Gasteiger partial charge in [-0.2, -0.15) is 0 Å². The van der Waals surface area contributed by atoms with Crippen molar-refractivity contribution in [1.82, 2.24) is 24.8 Å². The molecular formula is C16H19N5O2. The molecule has 0 aliphatic carbocycles. The first-order valence-corrected chi connectivity index (χ1v) is 7.62. The zero-order valence-electron chi connectivity index (χ0n) is 13.1. The van der Waals surface area contributed by atoms with Gasteiger partial charge in [0.15, 0.2) is 0 Å². The number of hydrogen-bond acceptors (Lipinski definition) is 6. The third-order valence-corrected chi connectivity index (χ3v) is 3.79. The molecular weight excluding hydrogens is 294 g/mol. The van der Waals surface area contributed by atoms with Crippen molar-refractivity contribution in [2.24, 2.45) is 5.92 Å². The van der Waals surface area contributed by atoms with Crippen LogP contribution >= 0.6 is 0 Å². The van der Waals surface area contributed by atoms with Crippen LogP contribution in [0.25, 0.3) is 0 Å². The molecule has 7 heteroatoms. The number of rotatable bonds is 3. The van der Waals surface area contributed by atoms with Gasteiger partial charge in [-0.15, -0.1) is 0 Å². The van der Waals surface area contributed by atoms with E-state index < -0.39 is 0 Å². The van der Waals surface area contributed by atoms with Crippen LogP contribution in [0.4, 0.5) is 0 Å². The van der Waals surface area contributed by atoms with Crippen molar-refractivity contribution in [3.8, 4) is 0 Å². The standard InChI is InChI=1S/C16H19N5O2/c1-12-4-15(20-11-19-12)5-13-8-21(2-3-23-9-13)16(22)14-6-17-10-18-7-14/h4,6-7,10-11,13H,2-3,5,8-9H2,1H3/t13-/m0/s1. The van der Waals surface area contributed by atoms with Crippen molar-refractivity contribution in [2.75, 3.05) is 26.3 Å². The molecule has 3 rings (SSSR count). The van der Waals surface area contributed by atoms with Gasteiger partial charge in [0.05, 0.1) is 18.8 Å². The Bertz CT molecular complexity index is 665. The van der Waals surface area contributed by atoms with E-state index >= 15 is 0 Å². The second-order valence-corrected chi connectivity index (χ2v) is 5.67. The van der Waals surface area contributed by atoms with Crippen LogP contribution in [0.3, 0.4) is 0 Å². The highest BCUT2D eigenvalue weighted by Crippen LogP contribution is 2.15. The van der Waals surface area contributed by atoms with Crippen LogP contribution in [0.5, 0.6) is 0 Å². The smallest absolute Gasteiger partial charge is 0.257 e. The molecule has 0 bridgehead atoms. The second-order valence-electron chi connectivity index (χ2n) is 5.67. The molecule has 0 N–H and O–H groups in total. The summed E-state index contributed by atoms with van der Waals surface area (Å²) in [4.78, 5) is 30.6. The van der Waals surface area contributed by atoms with E-state index in [0.717, 1.165) is 17.8 Å². The highest BCUT2D eigenvalue weighted by atomic mass is 16.5. The van der Waals surface area contributed by atoms with Crippen molar-refractivity contribution < 1.29 is 9.53 Å². The molecule has 1 atom stereocenters. The Kier molecular flexibility index (Phi) is 4.87. The fraction of sp³-hybridized carbons (Fsp3) is 0.438. The lowest BCUT2D eigenvalue weighted by Gasteiger charge is -2.23. The van der Waals surface area contributed by atoms with Crippen molar-refractivity contribution >= 4 is 5.91 Å². The minimum atomic E-state index is -0.0556. The van der Waals surface area contributed by atoms with Crippen LogP contribution in [0.15, 0.2) is 31.1 Å². The lowest BCUT2D eigenvalue weighted by molar-refractivity contribution is 0.0736. The van der Waals surface area contributed by atoms with Gasteiger partial charge in [0.2, 0.25) is 0 Å². The van der Waals surface area contributed by atoms with Gasteiger partial charge in [0.25, 0.3) is 5.91 Å². The van der Waals surface area contributed by atoms with Gasteiger partial charge in [-0.3, -0.25) is 4.79 Å². The summed E-state index contributed by atoms with van der Waals surface area (Å²) in [7, 11) is 0. The van der Waals surface area contributed by atoms with E-state index in [1.54, 1.807) is 18.7 Å². The predicted molar refractivity (Wildman–Crippen MR) is 82.7 cm³/mol. The molecule has 0 saturated carbocycles. The van der Waals surface area contributed by atoms with Crippen LogP contribution < -0.4 is 0 Å². The van der Waals surface area contributed by atoms with Crippen molar-refractivity contribution in [2.45, 2.75) is 13.3 Å². The van der Waals surface area contributed by atoms with Crippen molar-refractivity contribution in [1.29, 1.82) is 0 Å². The Morgan fingerprint density at radius 2 is 2.13 bits per heavy atom. The van der Waals surface area contributed by atoms with E-state index in [-0.39, 0.29) is 11.8 Å².